The predicted molar refractivity (Wildman–Crippen MR) is 66.9 cm³/mol. The van der Waals surface area contributed by atoms with Crippen molar-refractivity contribution in [1.82, 2.24) is 4.98 Å². The summed E-state index contributed by atoms with van der Waals surface area (Å²) in [6.45, 7) is 0. The largest absolute Gasteiger partial charge is 0.481 e. The highest BCUT2D eigenvalue weighted by Gasteiger charge is 2.34. The van der Waals surface area contributed by atoms with Crippen molar-refractivity contribution in [1.29, 1.82) is 0 Å². The Morgan fingerprint density at radius 2 is 2.18 bits per heavy atom. The van der Waals surface area contributed by atoms with Crippen molar-refractivity contribution in [3.63, 3.8) is 0 Å². The van der Waals surface area contributed by atoms with Gasteiger partial charge in [-0.3, -0.25) is 9.59 Å². The fraction of sp³-hybridized carbons (Fsp3) is 0.500. The Morgan fingerprint density at radius 1 is 1.47 bits per heavy atom. The molecule has 2 unspecified atom stereocenters. The van der Waals surface area contributed by atoms with Gasteiger partial charge in [0, 0.05) is 5.92 Å². The van der Waals surface area contributed by atoms with Gasteiger partial charge in [0.1, 0.15) is 0 Å². The van der Waals surface area contributed by atoms with E-state index in [1.54, 1.807) is 6.20 Å². The second-order valence-corrected chi connectivity index (χ2v) is 6.41. The highest BCUT2D eigenvalue weighted by atomic mass is 79.9. The van der Waals surface area contributed by atoms with Crippen LogP contribution in [0.3, 0.4) is 0 Å². The number of amides is 1. The summed E-state index contributed by atoms with van der Waals surface area (Å²) < 4.78 is 0.850. The standard InChI is InChI=1S/C10H11BrN2O3S/c11-7-4-12-10(17-7)13-8(14)5-1-2-6(3-5)9(15)16/h4-6H,1-3H2,(H,15,16)(H,12,13,14). The van der Waals surface area contributed by atoms with Crippen LogP contribution in [0.4, 0.5) is 5.13 Å². The molecule has 1 aromatic rings. The minimum absolute atomic E-state index is 0.129. The lowest BCUT2D eigenvalue weighted by Gasteiger charge is -2.08. The fourth-order valence-corrected chi connectivity index (χ4v) is 3.07. The van der Waals surface area contributed by atoms with E-state index in [0.717, 1.165) is 3.79 Å². The van der Waals surface area contributed by atoms with Gasteiger partial charge in [0.15, 0.2) is 5.13 Å². The summed E-state index contributed by atoms with van der Waals surface area (Å²) in [6.07, 6.45) is 3.26. The number of anilines is 1. The number of hydrogen-bond donors (Lipinski definition) is 2. The first-order valence-electron chi connectivity index (χ1n) is 5.21. The molecule has 1 aliphatic carbocycles. The van der Waals surface area contributed by atoms with Crippen LogP contribution in [0.25, 0.3) is 0 Å². The predicted octanol–water partition coefficient (Wildman–Crippen LogP) is 2.34. The van der Waals surface area contributed by atoms with Crippen LogP contribution in [-0.4, -0.2) is 22.0 Å². The maximum atomic E-state index is 11.8. The van der Waals surface area contributed by atoms with Crippen molar-refractivity contribution in [2.75, 3.05) is 5.32 Å². The lowest BCUT2D eigenvalue weighted by atomic mass is 10.0. The number of rotatable bonds is 3. The third-order valence-electron chi connectivity index (χ3n) is 2.86. The molecule has 2 atom stereocenters. The lowest BCUT2D eigenvalue weighted by Crippen LogP contribution is -2.21. The second kappa shape index (κ2) is 5.14. The average Bonchev–Trinajstić information content (AvgIpc) is 2.86. The molecule has 0 aliphatic heterocycles. The highest BCUT2D eigenvalue weighted by molar-refractivity contribution is 9.11. The van der Waals surface area contributed by atoms with E-state index in [1.807, 2.05) is 0 Å². The van der Waals surface area contributed by atoms with Crippen LogP contribution in [0.5, 0.6) is 0 Å². The molecule has 0 aromatic carbocycles. The zero-order valence-electron chi connectivity index (χ0n) is 8.85. The minimum Gasteiger partial charge on any atom is -0.481 e. The van der Waals surface area contributed by atoms with Gasteiger partial charge in [-0.15, -0.1) is 0 Å². The number of aromatic nitrogens is 1. The molecule has 2 rings (SSSR count). The third kappa shape index (κ3) is 3.04. The average molecular weight is 319 g/mol. The van der Waals surface area contributed by atoms with Crippen LogP contribution in [0.2, 0.25) is 0 Å². The van der Waals surface area contributed by atoms with Gasteiger partial charge in [-0.05, 0) is 35.2 Å². The Morgan fingerprint density at radius 3 is 2.71 bits per heavy atom. The zero-order valence-corrected chi connectivity index (χ0v) is 11.3. The van der Waals surface area contributed by atoms with Crippen molar-refractivity contribution in [3.05, 3.63) is 9.98 Å². The molecule has 1 amide bonds. The minimum atomic E-state index is -0.808. The molecule has 2 N–H and O–H groups in total. The van der Waals surface area contributed by atoms with Crippen molar-refractivity contribution in [3.8, 4) is 0 Å². The van der Waals surface area contributed by atoms with E-state index < -0.39 is 5.97 Å². The highest BCUT2D eigenvalue weighted by Crippen LogP contribution is 2.32. The molecule has 0 spiro atoms. The molecule has 5 nitrogen and oxygen atoms in total. The van der Waals surface area contributed by atoms with Crippen LogP contribution < -0.4 is 5.32 Å². The molecule has 0 bridgehead atoms. The number of hydrogen-bond acceptors (Lipinski definition) is 4. The van der Waals surface area contributed by atoms with Crippen LogP contribution in [0.1, 0.15) is 19.3 Å². The first-order chi connectivity index (χ1) is 8.06. The number of carboxylic acid groups (broad SMARTS) is 1. The molecule has 1 heterocycles. The van der Waals surface area contributed by atoms with Gasteiger partial charge in [-0.2, -0.15) is 0 Å². The molecule has 1 saturated carbocycles. The number of thiazole rings is 1. The van der Waals surface area contributed by atoms with Gasteiger partial charge in [0.2, 0.25) is 5.91 Å². The van der Waals surface area contributed by atoms with Crippen molar-refractivity contribution >= 4 is 44.3 Å². The van der Waals surface area contributed by atoms with E-state index in [9.17, 15) is 9.59 Å². The molecule has 92 valence electrons. The van der Waals surface area contributed by atoms with Gasteiger partial charge in [-0.25, -0.2) is 4.98 Å². The first kappa shape index (κ1) is 12.5. The van der Waals surface area contributed by atoms with Crippen LogP contribution in [-0.2, 0) is 9.59 Å². The Labute approximate surface area is 110 Å². The topological polar surface area (TPSA) is 79.3 Å². The quantitative estimate of drug-likeness (QED) is 0.896. The Kier molecular flexibility index (Phi) is 3.78. The van der Waals surface area contributed by atoms with Gasteiger partial charge < -0.3 is 10.4 Å². The van der Waals surface area contributed by atoms with E-state index in [4.69, 9.17) is 5.11 Å². The molecule has 7 heteroatoms. The number of nitrogens with zero attached hydrogens (tertiary/aromatic N) is 1. The summed E-state index contributed by atoms with van der Waals surface area (Å²) >= 11 is 4.60. The van der Waals surface area contributed by atoms with Gasteiger partial charge >= 0.3 is 5.97 Å². The van der Waals surface area contributed by atoms with Crippen LogP contribution in [0, 0.1) is 11.8 Å². The Hall–Kier alpha value is -0.950. The molecular weight excluding hydrogens is 308 g/mol. The third-order valence-corrected chi connectivity index (χ3v) is 4.25. The number of carboxylic acids is 1. The van der Waals surface area contributed by atoms with E-state index >= 15 is 0 Å². The summed E-state index contributed by atoms with van der Waals surface area (Å²) in [7, 11) is 0. The molecule has 1 aliphatic rings. The molecule has 1 aromatic heterocycles. The smallest absolute Gasteiger partial charge is 0.306 e. The second-order valence-electron chi connectivity index (χ2n) is 4.00. The van der Waals surface area contributed by atoms with Gasteiger partial charge in [0.05, 0.1) is 15.9 Å². The van der Waals surface area contributed by atoms with Crippen molar-refractivity contribution < 1.29 is 14.7 Å². The number of carbonyl (C=O) groups is 2. The number of carbonyl (C=O) groups excluding carboxylic acids is 1. The molecule has 0 saturated heterocycles. The Bertz CT molecular complexity index is 449. The van der Waals surface area contributed by atoms with E-state index in [1.165, 1.54) is 11.3 Å². The lowest BCUT2D eigenvalue weighted by molar-refractivity contribution is -0.141. The van der Waals surface area contributed by atoms with E-state index in [2.05, 4.69) is 26.2 Å². The molecule has 17 heavy (non-hydrogen) atoms. The maximum absolute atomic E-state index is 11.8. The summed E-state index contributed by atoms with van der Waals surface area (Å²) in [5.74, 6) is -1.53. The number of nitrogens with one attached hydrogen (secondary N) is 1. The maximum Gasteiger partial charge on any atom is 0.306 e. The number of aliphatic carboxylic acids is 1. The normalized spacial score (nSPS) is 23.6. The first-order valence-corrected chi connectivity index (χ1v) is 6.82. The van der Waals surface area contributed by atoms with Crippen molar-refractivity contribution in [2.45, 2.75) is 19.3 Å². The van der Waals surface area contributed by atoms with Gasteiger partial charge in [0.25, 0.3) is 0 Å². The van der Waals surface area contributed by atoms with Crippen molar-refractivity contribution in [2.24, 2.45) is 11.8 Å². The molecular formula is C10H11BrN2O3S. The summed E-state index contributed by atoms with van der Waals surface area (Å²) in [6, 6.07) is 0. The van der Waals surface area contributed by atoms with E-state index in [0.29, 0.717) is 24.4 Å². The Balaban J connectivity index is 1.91. The SMILES string of the molecule is O=C(O)C1CCC(C(=O)Nc2ncc(Br)s2)C1. The van der Waals surface area contributed by atoms with Crippen LogP contribution in [0.15, 0.2) is 9.98 Å². The summed E-state index contributed by atoms with van der Waals surface area (Å²) in [5, 5.41) is 12.1. The zero-order chi connectivity index (χ0) is 12.4. The summed E-state index contributed by atoms with van der Waals surface area (Å²) in [4.78, 5) is 26.6. The summed E-state index contributed by atoms with van der Waals surface area (Å²) in [5.41, 5.74) is 0. The number of halogens is 1. The molecule has 1 fully saturated rings. The monoisotopic (exact) mass is 318 g/mol. The van der Waals surface area contributed by atoms with E-state index in [-0.39, 0.29) is 17.7 Å². The molecule has 0 radical (unpaired) electrons. The fourth-order valence-electron chi connectivity index (χ4n) is 1.96. The van der Waals surface area contributed by atoms with Gasteiger partial charge in [-0.1, -0.05) is 11.3 Å². The van der Waals surface area contributed by atoms with Crippen LogP contribution >= 0.6 is 27.3 Å².